The van der Waals surface area contributed by atoms with E-state index in [0.717, 1.165) is 11.3 Å². The molecule has 3 heteroatoms. The highest BCUT2D eigenvalue weighted by atomic mass is 28.4. The Morgan fingerprint density at radius 3 is 2.10 bits per heavy atom. The van der Waals surface area contributed by atoms with Crippen LogP contribution in [0.25, 0.3) is 6.08 Å². The van der Waals surface area contributed by atoms with E-state index in [1.54, 1.807) is 7.11 Å². The van der Waals surface area contributed by atoms with Crippen LogP contribution in [0.5, 0.6) is 5.75 Å². The number of ether oxygens (including phenoxy) is 1. The minimum Gasteiger partial charge on any atom is -0.497 e. The van der Waals surface area contributed by atoms with Crippen molar-refractivity contribution in [3.63, 3.8) is 0 Å². The summed E-state index contributed by atoms with van der Waals surface area (Å²) in [7, 11) is -0.0116. The van der Waals surface area contributed by atoms with Crippen LogP contribution in [0.2, 0.25) is 18.1 Å². The van der Waals surface area contributed by atoms with Gasteiger partial charge in [-0.25, -0.2) is 0 Å². The zero-order valence-electron chi connectivity index (χ0n) is 13.9. The van der Waals surface area contributed by atoms with Crippen LogP contribution in [0, 0.1) is 0 Å². The zero-order chi connectivity index (χ0) is 15.4. The second kappa shape index (κ2) is 6.59. The first kappa shape index (κ1) is 17.0. The summed E-state index contributed by atoms with van der Waals surface area (Å²) in [6.07, 6.45) is 4.37. The van der Waals surface area contributed by atoms with Gasteiger partial charge in [-0.2, -0.15) is 0 Å². The van der Waals surface area contributed by atoms with E-state index < -0.39 is 8.32 Å². The molecule has 2 nitrogen and oxygen atoms in total. The molecule has 0 amide bonds. The molecule has 1 aromatic rings. The first-order chi connectivity index (χ1) is 9.15. The third kappa shape index (κ3) is 4.80. The molecule has 112 valence electrons. The molecule has 0 aromatic heterocycles. The Morgan fingerprint density at radius 1 is 1.10 bits per heavy atom. The van der Waals surface area contributed by atoms with Gasteiger partial charge in [0.15, 0.2) is 8.32 Å². The average molecular weight is 292 g/mol. The number of methoxy groups -OCH3 is 1. The van der Waals surface area contributed by atoms with Gasteiger partial charge in [-0.1, -0.05) is 45.1 Å². The van der Waals surface area contributed by atoms with Crippen molar-refractivity contribution in [2.24, 2.45) is 0 Å². The minimum atomic E-state index is -1.69. The number of benzene rings is 1. The maximum atomic E-state index is 6.30. The standard InChI is InChI=1S/C17H28O2Si/c1-14(19-20(6,7)17(2,3)4)8-9-15-10-12-16(18-5)13-11-15/h8-14H,1-7H3. The molecule has 20 heavy (non-hydrogen) atoms. The number of rotatable bonds is 5. The zero-order valence-corrected chi connectivity index (χ0v) is 14.9. The van der Waals surface area contributed by atoms with E-state index in [4.69, 9.17) is 9.16 Å². The normalized spacial score (nSPS) is 14.6. The van der Waals surface area contributed by atoms with Gasteiger partial charge in [-0.15, -0.1) is 0 Å². The van der Waals surface area contributed by atoms with Gasteiger partial charge in [0.05, 0.1) is 13.2 Å². The van der Waals surface area contributed by atoms with E-state index in [2.05, 4.69) is 52.9 Å². The number of hydrogen-bond acceptors (Lipinski definition) is 2. The van der Waals surface area contributed by atoms with Gasteiger partial charge in [-0.3, -0.25) is 0 Å². The summed E-state index contributed by atoms with van der Waals surface area (Å²) in [6, 6.07) is 8.04. The second-order valence-electron chi connectivity index (χ2n) is 6.72. The molecule has 1 atom stereocenters. The van der Waals surface area contributed by atoms with Crippen molar-refractivity contribution in [1.82, 2.24) is 0 Å². The highest BCUT2D eigenvalue weighted by Gasteiger charge is 2.37. The fourth-order valence-corrected chi connectivity index (χ4v) is 3.00. The Morgan fingerprint density at radius 2 is 1.65 bits per heavy atom. The summed E-state index contributed by atoms with van der Waals surface area (Å²) in [6.45, 7) is 13.5. The van der Waals surface area contributed by atoms with Gasteiger partial charge in [0.1, 0.15) is 5.75 Å². The van der Waals surface area contributed by atoms with E-state index >= 15 is 0 Å². The molecule has 1 aromatic carbocycles. The van der Waals surface area contributed by atoms with E-state index in [0.29, 0.717) is 0 Å². The van der Waals surface area contributed by atoms with E-state index in [1.165, 1.54) is 0 Å². The predicted molar refractivity (Wildman–Crippen MR) is 89.8 cm³/mol. The van der Waals surface area contributed by atoms with Gasteiger partial charge < -0.3 is 9.16 Å². The number of hydrogen-bond donors (Lipinski definition) is 0. The van der Waals surface area contributed by atoms with Crippen LogP contribution < -0.4 is 4.74 Å². The summed E-state index contributed by atoms with van der Waals surface area (Å²) in [5.74, 6) is 0.882. The molecule has 0 heterocycles. The van der Waals surface area contributed by atoms with Crippen LogP contribution >= 0.6 is 0 Å². The van der Waals surface area contributed by atoms with Crippen LogP contribution in [0.15, 0.2) is 30.3 Å². The summed E-state index contributed by atoms with van der Waals surface area (Å²) in [5.41, 5.74) is 1.16. The lowest BCUT2D eigenvalue weighted by molar-refractivity contribution is 0.244. The van der Waals surface area contributed by atoms with Gasteiger partial charge in [-0.05, 0) is 42.8 Å². The average Bonchev–Trinajstić information content (AvgIpc) is 2.35. The first-order valence-electron chi connectivity index (χ1n) is 7.16. The summed E-state index contributed by atoms with van der Waals surface area (Å²) >= 11 is 0. The highest BCUT2D eigenvalue weighted by molar-refractivity contribution is 6.74. The van der Waals surface area contributed by atoms with Crippen LogP contribution in [-0.4, -0.2) is 21.5 Å². The Labute approximate surface area is 124 Å². The molecule has 0 saturated heterocycles. The minimum absolute atomic E-state index is 0.137. The van der Waals surface area contributed by atoms with Crippen LogP contribution in [-0.2, 0) is 4.43 Å². The van der Waals surface area contributed by atoms with Gasteiger partial charge in [0, 0.05) is 0 Å². The lowest BCUT2D eigenvalue weighted by Crippen LogP contribution is -2.42. The van der Waals surface area contributed by atoms with E-state index in [-0.39, 0.29) is 11.1 Å². The Balaban J connectivity index is 2.65. The molecule has 0 aliphatic rings. The summed E-state index contributed by atoms with van der Waals surface area (Å²) in [5, 5.41) is 0.245. The molecule has 0 aliphatic heterocycles. The van der Waals surface area contributed by atoms with Crippen LogP contribution in [0.4, 0.5) is 0 Å². The lowest BCUT2D eigenvalue weighted by atomic mass is 10.2. The highest BCUT2D eigenvalue weighted by Crippen LogP contribution is 2.37. The molecule has 1 unspecified atom stereocenters. The van der Waals surface area contributed by atoms with Gasteiger partial charge in [0.2, 0.25) is 0 Å². The largest absolute Gasteiger partial charge is 0.497 e. The molecule has 0 radical (unpaired) electrons. The molecule has 0 N–H and O–H groups in total. The molecule has 0 saturated carbocycles. The molecule has 0 bridgehead atoms. The Kier molecular flexibility index (Phi) is 5.60. The predicted octanol–water partition coefficient (Wildman–Crippen LogP) is 5.12. The topological polar surface area (TPSA) is 18.5 Å². The van der Waals surface area contributed by atoms with Crippen molar-refractivity contribution in [3.8, 4) is 5.75 Å². The van der Waals surface area contributed by atoms with Crippen molar-refractivity contribution in [2.45, 2.75) is 51.9 Å². The van der Waals surface area contributed by atoms with Crippen molar-refractivity contribution in [1.29, 1.82) is 0 Å². The Hall–Kier alpha value is -1.06. The summed E-state index contributed by atoms with van der Waals surface area (Å²) in [4.78, 5) is 0. The fraction of sp³-hybridized carbons (Fsp3) is 0.529. The maximum absolute atomic E-state index is 6.30. The first-order valence-corrected chi connectivity index (χ1v) is 10.1. The van der Waals surface area contributed by atoms with Gasteiger partial charge >= 0.3 is 0 Å². The monoisotopic (exact) mass is 292 g/mol. The Bertz CT molecular complexity index is 441. The smallest absolute Gasteiger partial charge is 0.192 e. The summed E-state index contributed by atoms with van der Waals surface area (Å²) < 4.78 is 11.5. The quantitative estimate of drug-likeness (QED) is 0.701. The van der Waals surface area contributed by atoms with Crippen molar-refractivity contribution >= 4 is 14.4 Å². The van der Waals surface area contributed by atoms with Crippen LogP contribution in [0.3, 0.4) is 0 Å². The SMILES string of the molecule is COc1ccc(C=CC(C)O[Si](C)(C)C(C)(C)C)cc1. The molecule has 0 spiro atoms. The van der Waals surface area contributed by atoms with Crippen molar-refractivity contribution in [2.75, 3.05) is 7.11 Å². The molecular formula is C17H28O2Si. The molecule has 1 rings (SSSR count). The molecule has 0 aliphatic carbocycles. The molecule has 0 fully saturated rings. The van der Waals surface area contributed by atoms with Crippen LogP contribution in [0.1, 0.15) is 33.3 Å². The van der Waals surface area contributed by atoms with Gasteiger partial charge in [0.25, 0.3) is 0 Å². The fourth-order valence-electron chi connectivity index (χ4n) is 1.64. The van der Waals surface area contributed by atoms with E-state index in [9.17, 15) is 0 Å². The van der Waals surface area contributed by atoms with E-state index in [1.807, 2.05) is 24.3 Å². The second-order valence-corrected chi connectivity index (χ2v) is 11.5. The third-order valence-electron chi connectivity index (χ3n) is 3.96. The maximum Gasteiger partial charge on any atom is 0.192 e. The lowest BCUT2D eigenvalue weighted by Gasteiger charge is -2.37. The molecular weight excluding hydrogens is 264 g/mol. The third-order valence-corrected chi connectivity index (χ3v) is 8.54. The van der Waals surface area contributed by atoms with Crippen molar-refractivity contribution < 1.29 is 9.16 Å². The van der Waals surface area contributed by atoms with Crippen molar-refractivity contribution in [3.05, 3.63) is 35.9 Å².